The number of hydrogen-bond acceptors (Lipinski definition) is 4. The molecule has 0 aliphatic heterocycles. The van der Waals surface area contributed by atoms with Crippen LogP contribution in [0.2, 0.25) is 0 Å². The number of rotatable bonds is 5. The normalized spacial score (nSPS) is 12.0. The van der Waals surface area contributed by atoms with Crippen molar-refractivity contribution in [2.45, 2.75) is 26.9 Å². The summed E-state index contributed by atoms with van der Waals surface area (Å²) in [6, 6.07) is 5.84. The van der Waals surface area contributed by atoms with E-state index in [1.165, 1.54) is 6.92 Å². The SMILES string of the molecule is CC(=O)OC[C@@H](O)COc1c(C)cccc1C. The van der Waals surface area contributed by atoms with Crippen molar-refractivity contribution in [2.24, 2.45) is 0 Å². The third kappa shape index (κ3) is 4.44. The molecular weight excluding hydrogens is 220 g/mol. The van der Waals surface area contributed by atoms with E-state index in [4.69, 9.17) is 4.74 Å². The minimum Gasteiger partial charge on any atom is -0.490 e. The monoisotopic (exact) mass is 238 g/mol. The van der Waals surface area contributed by atoms with E-state index in [1.54, 1.807) is 0 Å². The van der Waals surface area contributed by atoms with Crippen LogP contribution in [0.1, 0.15) is 18.1 Å². The Morgan fingerprint density at radius 3 is 2.41 bits per heavy atom. The molecule has 0 amide bonds. The molecule has 0 saturated carbocycles. The number of hydrogen-bond donors (Lipinski definition) is 1. The van der Waals surface area contributed by atoms with Gasteiger partial charge in [0.25, 0.3) is 0 Å². The predicted octanol–water partition coefficient (Wildman–Crippen LogP) is 1.61. The second-order valence-electron chi connectivity index (χ2n) is 3.99. The van der Waals surface area contributed by atoms with Crippen molar-refractivity contribution in [3.63, 3.8) is 0 Å². The van der Waals surface area contributed by atoms with Gasteiger partial charge in [-0.2, -0.15) is 0 Å². The van der Waals surface area contributed by atoms with Gasteiger partial charge in [-0.3, -0.25) is 4.79 Å². The highest BCUT2D eigenvalue weighted by atomic mass is 16.5. The summed E-state index contributed by atoms with van der Waals surface area (Å²) in [6.45, 7) is 5.26. The van der Waals surface area contributed by atoms with Crippen LogP contribution in [-0.2, 0) is 9.53 Å². The van der Waals surface area contributed by atoms with Gasteiger partial charge in [-0.25, -0.2) is 0 Å². The van der Waals surface area contributed by atoms with Crippen molar-refractivity contribution in [3.8, 4) is 5.75 Å². The van der Waals surface area contributed by atoms with Gasteiger partial charge in [-0.05, 0) is 25.0 Å². The lowest BCUT2D eigenvalue weighted by molar-refractivity contribution is -0.144. The van der Waals surface area contributed by atoms with E-state index in [-0.39, 0.29) is 13.2 Å². The molecule has 1 aromatic rings. The number of aliphatic hydroxyl groups is 1. The predicted molar refractivity (Wildman–Crippen MR) is 64.1 cm³/mol. The van der Waals surface area contributed by atoms with E-state index in [0.29, 0.717) is 0 Å². The van der Waals surface area contributed by atoms with Gasteiger partial charge in [0.15, 0.2) is 0 Å². The Balaban J connectivity index is 2.47. The Morgan fingerprint density at radius 1 is 1.29 bits per heavy atom. The van der Waals surface area contributed by atoms with Crippen molar-refractivity contribution in [1.82, 2.24) is 0 Å². The van der Waals surface area contributed by atoms with Crippen molar-refractivity contribution in [2.75, 3.05) is 13.2 Å². The first-order valence-electron chi connectivity index (χ1n) is 5.51. The lowest BCUT2D eigenvalue weighted by Gasteiger charge is -2.15. The molecule has 0 fully saturated rings. The molecule has 4 heteroatoms. The molecule has 4 nitrogen and oxygen atoms in total. The van der Waals surface area contributed by atoms with Gasteiger partial charge in [-0.15, -0.1) is 0 Å². The Labute approximate surface area is 101 Å². The summed E-state index contributed by atoms with van der Waals surface area (Å²) < 4.78 is 10.2. The van der Waals surface area contributed by atoms with E-state index in [0.717, 1.165) is 16.9 Å². The molecule has 0 bridgehead atoms. The van der Waals surface area contributed by atoms with Crippen LogP contribution in [0.5, 0.6) is 5.75 Å². The topological polar surface area (TPSA) is 55.8 Å². The average Bonchev–Trinajstić information content (AvgIpc) is 2.25. The van der Waals surface area contributed by atoms with Gasteiger partial charge in [0.2, 0.25) is 0 Å². The van der Waals surface area contributed by atoms with Crippen molar-refractivity contribution in [3.05, 3.63) is 29.3 Å². The largest absolute Gasteiger partial charge is 0.490 e. The fourth-order valence-corrected chi connectivity index (χ4v) is 1.47. The molecule has 94 valence electrons. The summed E-state index contributed by atoms with van der Waals surface area (Å²) in [5.41, 5.74) is 2.04. The first-order valence-corrected chi connectivity index (χ1v) is 5.51. The zero-order valence-electron chi connectivity index (χ0n) is 10.4. The van der Waals surface area contributed by atoms with Gasteiger partial charge in [-0.1, -0.05) is 18.2 Å². The molecule has 0 heterocycles. The molecule has 0 aliphatic rings. The zero-order chi connectivity index (χ0) is 12.8. The van der Waals surface area contributed by atoms with Gasteiger partial charge in [0.1, 0.15) is 25.1 Å². The van der Waals surface area contributed by atoms with E-state index in [1.807, 2.05) is 32.0 Å². The maximum atomic E-state index is 10.6. The first-order chi connectivity index (χ1) is 8.00. The minimum absolute atomic E-state index is 0.0414. The Hall–Kier alpha value is -1.55. The minimum atomic E-state index is -0.807. The van der Waals surface area contributed by atoms with E-state index >= 15 is 0 Å². The lowest BCUT2D eigenvalue weighted by Crippen LogP contribution is -2.24. The Kier molecular flexibility index (Phi) is 4.97. The summed E-state index contributed by atoms with van der Waals surface area (Å²) >= 11 is 0. The summed E-state index contributed by atoms with van der Waals surface area (Å²) in [5, 5.41) is 9.54. The lowest BCUT2D eigenvalue weighted by atomic mass is 10.1. The van der Waals surface area contributed by atoms with Gasteiger partial charge >= 0.3 is 5.97 Å². The van der Waals surface area contributed by atoms with Crippen LogP contribution < -0.4 is 4.74 Å². The number of carbonyl (C=O) groups is 1. The first kappa shape index (κ1) is 13.5. The molecule has 17 heavy (non-hydrogen) atoms. The van der Waals surface area contributed by atoms with E-state index in [9.17, 15) is 9.90 Å². The smallest absolute Gasteiger partial charge is 0.302 e. The Bertz CT molecular complexity index is 367. The highest BCUT2D eigenvalue weighted by Gasteiger charge is 2.09. The highest BCUT2D eigenvalue weighted by molar-refractivity contribution is 5.65. The number of benzene rings is 1. The fourth-order valence-electron chi connectivity index (χ4n) is 1.47. The third-order valence-corrected chi connectivity index (χ3v) is 2.31. The Morgan fingerprint density at radius 2 is 1.88 bits per heavy atom. The number of esters is 1. The molecule has 1 rings (SSSR count). The molecular formula is C13H18O4. The second kappa shape index (κ2) is 6.25. The molecule has 1 N–H and O–H groups in total. The zero-order valence-corrected chi connectivity index (χ0v) is 10.4. The molecule has 1 aromatic carbocycles. The second-order valence-corrected chi connectivity index (χ2v) is 3.99. The van der Waals surface area contributed by atoms with Crippen molar-refractivity contribution in [1.29, 1.82) is 0 Å². The standard InChI is InChI=1S/C13H18O4/c1-9-5-4-6-10(2)13(9)17-8-12(15)7-16-11(3)14/h4-6,12,15H,7-8H2,1-3H3/t12-/m1/s1. The van der Waals surface area contributed by atoms with Crippen LogP contribution in [0.3, 0.4) is 0 Å². The molecule has 0 radical (unpaired) electrons. The van der Waals surface area contributed by atoms with E-state index in [2.05, 4.69) is 4.74 Å². The summed E-state index contributed by atoms with van der Waals surface area (Å²) in [7, 11) is 0. The molecule has 0 aromatic heterocycles. The third-order valence-electron chi connectivity index (χ3n) is 2.31. The number of ether oxygens (including phenoxy) is 2. The average molecular weight is 238 g/mol. The summed E-state index contributed by atoms with van der Waals surface area (Å²) in [5.74, 6) is 0.366. The van der Waals surface area contributed by atoms with Crippen molar-refractivity contribution >= 4 is 5.97 Å². The molecule has 1 atom stereocenters. The van der Waals surface area contributed by atoms with Crippen LogP contribution in [0.15, 0.2) is 18.2 Å². The van der Waals surface area contributed by atoms with Gasteiger partial charge in [0.05, 0.1) is 0 Å². The maximum absolute atomic E-state index is 10.6. The van der Waals surface area contributed by atoms with Gasteiger partial charge in [0, 0.05) is 6.92 Å². The molecule has 0 aliphatic carbocycles. The molecule has 0 unspecified atom stereocenters. The number of carbonyl (C=O) groups excluding carboxylic acids is 1. The van der Waals surface area contributed by atoms with Gasteiger partial charge < -0.3 is 14.6 Å². The summed E-state index contributed by atoms with van der Waals surface area (Å²) in [4.78, 5) is 10.6. The van der Waals surface area contributed by atoms with Crippen LogP contribution in [-0.4, -0.2) is 30.4 Å². The van der Waals surface area contributed by atoms with Crippen LogP contribution in [0, 0.1) is 13.8 Å². The maximum Gasteiger partial charge on any atom is 0.302 e. The van der Waals surface area contributed by atoms with Crippen LogP contribution >= 0.6 is 0 Å². The number of para-hydroxylation sites is 1. The molecule has 0 spiro atoms. The summed E-state index contributed by atoms with van der Waals surface area (Å²) in [6.07, 6.45) is -0.807. The van der Waals surface area contributed by atoms with E-state index < -0.39 is 12.1 Å². The van der Waals surface area contributed by atoms with Crippen molar-refractivity contribution < 1.29 is 19.4 Å². The molecule has 0 saturated heterocycles. The number of aliphatic hydroxyl groups excluding tert-OH is 1. The highest BCUT2D eigenvalue weighted by Crippen LogP contribution is 2.22. The fraction of sp³-hybridized carbons (Fsp3) is 0.462. The van der Waals surface area contributed by atoms with Crippen LogP contribution in [0.4, 0.5) is 0 Å². The quantitative estimate of drug-likeness (QED) is 0.792. The van der Waals surface area contributed by atoms with Crippen LogP contribution in [0.25, 0.3) is 0 Å². The number of aryl methyl sites for hydroxylation is 2.